The molecule has 12 nitrogen and oxygen atoms in total. The monoisotopic (exact) mass is 693 g/mol. The molecule has 1 fully saturated rings. The molecule has 51 heavy (non-hydrogen) atoms. The Labute approximate surface area is 297 Å². The van der Waals surface area contributed by atoms with Crippen LogP contribution in [0.25, 0.3) is 11.1 Å². The van der Waals surface area contributed by atoms with Crippen LogP contribution in [0.2, 0.25) is 0 Å². The largest absolute Gasteiger partial charge is 0.493 e. The second-order valence-corrected chi connectivity index (χ2v) is 12.3. The molecule has 1 aliphatic rings. The first-order valence-electron chi connectivity index (χ1n) is 16.8. The summed E-state index contributed by atoms with van der Waals surface area (Å²) in [5.74, 6) is 0.224. The number of nitrogens with one attached hydrogen (secondary N) is 2. The normalized spacial score (nSPS) is 14.2. The molecule has 0 saturated carbocycles. The number of carbonyl (C=O) groups excluding carboxylic acids is 4. The van der Waals surface area contributed by atoms with Crippen LogP contribution in [-0.4, -0.2) is 73.3 Å². The maximum absolute atomic E-state index is 12.9. The van der Waals surface area contributed by atoms with Crippen LogP contribution in [0.1, 0.15) is 58.5 Å². The lowest BCUT2D eigenvalue weighted by atomic mass is 10.0. The molecule has 0 spiro atoms. The van der Waals surface area contributed by atoms with Crippen molar-refractivity contribution in [2.24, 2.45) is 12.0 Å². The molecule has 1 unspecified atom stereocenters. The SMILES string of the molecule is COC(=O)c1cc(-c2ccc(NC(=O)c3ccc(NC(=O)CCCOc4cc(N=CC5CCCCN5C=O)c(C)cc4OC)cc3)cc2)cn1C. The molecular weight excluding hydrogens is 650 g/mol. The van der Waals surface area contributed by atoms with E-state index >= 15 is 0 Å². The molecule has 1 atom stereocenters. The van der Waals surface area contributed by atoms with E-state index in [4.69, 9.17) is 14.2 Å². The Bertz CT molecular complexity index is 1880. The van der Waals surface area contributed by atoms with E-state index in [2.05, 4.69) is 15.6 Å². The van der Waals surface area contributed by atoms with Crippen molar-refractivity contribution in [1.29, 1.82) is 0 Å². The van der Waals surface area contributed by atoms with Crippen molar-refractivity contribution in [3.05, 3.63) is 89.7 Å². The molecule has 2 N–H and O–H groups in total. The number of esters is 1. The molecule has 5 rings (SSSR count). The van der Waals surface area contributed by atoms with Gasteiger partial charge in [-0.25, -0.2) is 4.79 Å². The lowest BCUT2D eigenvalue weighted by Gasteiger charge is -2.29. The molecule has 3 amide bonds. The zero-order valence-electron chi connectivity index (χ0n) is 29.3. The van der Waals surface area contributed by atoms with Gasteiger partial charge in [0.2, 0.25) is 12.3 Å². The molecule has 1 saturated heterocycles. The van der Waals surface area contributed by atoms with Crippen LogP contribution in [0, 0.1) is 6.92 Å². The number of nitrogens with zero attached hydrogens (tertiary/aromatic N) is 3. The van der Waals surface area contributed by atoms with Crippen molar-refractivity contribution < 1.29 is 33.4 Å². The summed E-state index contributed by atoms with van der Waals surface area (Å²) in [7, 11) is 4.69. The van der Waals surface area contributed by atoms with Crippen molar-refractivity contribution in [2.75, 3.05) is 38.0 Å². The van der Waals surface area contributed by atoms with Gasteiger partial charge in [0.15, 0.2) is 11.5 Å². The number of carbonyl (C=O) groups is 4. The van der Waals surface area contributed by atoms with E-state index < -0.39 is 5.97 Å². The minimum Gasteiger partial charge on any atom is -0.493 e. The number of amides is 3. The van der Waals surface area contributed by atoms with Gasteiger partial charge >= 0.3 is 5.97 Å². The zero-order chi connectivity index (χ0) is 36.3. The molecule has 266 valence electrons. The number of aryl methyl sites for hydroxylation is 2. The van der Waals surface area contributed by atoms with E-state index in [-0.39, 0.29) is 30.9 Å². The van der Waals surface area contributed by atoms with Gasteiger partial charge in [-0.3, -0.25) is 19.4 Å². The van der Waals surface area contributed by atoms with E-state index in [9.17, 15) is 19.2 Å². The number of methoxy groups -OCH3 is 2. The summed E-state index contributed by atoms with van der Waals surface area (Å²) < 4.78 is 18.0. The predicted octanol–water partition coefficient (Wildman–Crippen LogP) is 6.56. The molecular formula is C39H43N5O7. The van der Waals surface area contributed by atoms with E-state index in [1.165, 1.54) is 7.11 Å². The third-order valence-corrected chi connectivity index (χ3v) is 8.71. The van der Waals surface area contributed by atoms with Crippen LogP contribution in [0.4, 0.5) is 17.1 Å². The molecule has 12 heteroatoms. The Balaban J connectivity index is 1.08. The van der Waals surface area contributed by atoms with Crippen LogP contribution >= 0.6 is 0 Å². The topological polar surface area (TPSA) is 141 Å². The number of rotatable bonds is 14. The van der Waals surface area contributed by atoms with Gasteiger partial charge in [-0.15, -0.1) is 0 Å². The summed E-state index contributed by atoms with van der Waals surface area (Å²) in [6, 6.07) is 19.4. The highest BCUT2D eigenvalue weighted by Crippen LogP contribution is 2.35. The quantitative estimate of drug-likeness (QED) is 0.0660. The van der Waals surface area contributed by atoms with Crippen molar-refractivity contribution >= 4 is 47.5 Å². The molecule has 3 aromatic carbocycles. The van der Waals surface area contributed by atoms with Gasteiger partial charge in [-0.1, -0.05) is 12.1 Å². The number of hydrogen-bond donors (Lipinski definition) is 2. The summed E-state index contributed by atoms with van der Waals surface area (Å²) in [6.07, 6.45) is 8.19. The smallest absolute Gasteiger partial charge is 0.354 e. The first-order valence-corrected chi connectivity index (χ1v) is 16.8. The predicted molar refractivity (Wildman–Crippen MR) is 196 cm³/mol. The van der Waals surface area contributed by atoms with Gasteiger partial charge in [-0.2, -0.15) is 0 Å². The molecule has 1 aromatic heterocycles. The Hall–Kier alpha value is -5.91. The number of piperidine rings is 1. The highest BCUT2D eigenvalue weighted by atomic mass is 16.5. The van der Waals surface area contributed by atoms with Crippen molar-refractivity contribution in [3.8, 4) is 22.6 Å². The fraction of sp³-hybridized carbons (Fsp3) is 0.308. The van der Waals surface area contributed by atoms with Crippen LogP contribution in [0.15, 0.2) is 77.9 Å². The van der Waals surface area contributed by atoms with Crippen LogP contribution in [0.5, 0.6) is 11.5 Å². The van der Waals surface area contributed by atoms with E-state index in [0.717, 1.165) is 54.6 Å². The Morgan fingerprint density at radius 1 is 0.922 bits per heavy atom. The van der Waals surface area contributed by atoms with E-state index in [0.29, 0.717) is 40.6 Å². The lowest BCUT2D eigenvalue weighted by molar-refractivity contribution is -0.120. The molecule has 1 aliphatic heterocycles. The first kappa shape index (κ1) is 36.4. The Kier molecular flexibility index (Phi) is 12.2. The van der Waals surface area contributed by atoms with Gasteiger partial charge in [0.1, 0.15) is 5.69 Å². The first-order chi connectivity index (χ1) is 24.7. The lowest BCUT2D eigenvalue weighted by Crippen LogP contribution is -2.39. The van der Waals surface area contributed by atoms with Gasteiger partial charge in [0.25, 0.3) is 5.91 Å². The van der Waals surface area contributed by atoms with Gasteiger partial charge in [-0.05, 0) is 92.3 Å². The van der Waals surface area contributed by atoms with E-state index in [1.807, 2.05) is 43.6 Å². The Morgan fingerprint density at radius 2 is 1.65 bits per heavy atom. The van der Waals surface area contributed by atoms with Crippen LogP contribution < -0.4 is 20.1 Å². The standard InChI is InChI=1S/C39H43N5O7/c1-26-20-35(49-3)36(22-33(26)40-23-32-8-5-6-18-44(32)25-45)51-19-7-9-37(46)41-30-16-12-28(13-17-30)38(47)42-31-14-10-27(11-15-31)29-21-34(39(48)50-4)43(2)24-29/h10-17,20-25,32H,5-9,18-19H2,1-4H3,(H,41,46)(H,42,47). The third-order valence-electron chi connectivity index (χ3n) is 8.71. The number of ether oxygens (including phenoxy) is 3. The average molecular weight is 694 g/mol. The maximum atomic E-state index is 12.9. The fourth-order valence-electron chi connectivity index (χ4n) is 5.82. The average Bonchev–Trinajstić information content (AvgIpc) is 3.54. The van der Waals surface area contributed by atoms with Crippen molar-refractivity contribution in [2.45, 2.75) is 45.1 Å². The number of likely N-dealkylation sites (tertiary alicyclic amines) is 1. The van der Waals surface area contributed by atoms with Crippen LogP contribution in [0.3, 0.4) is 0 Å². The van der Waals surface area contributed by atoms with Crippen LogP contribution in [-0.2, 0) is 21.4 Å². The Morgan fingerprint density at radius 3 is 2.35 bits per heavy atom. The second-order valence-electron chi connectivity index (χ2n) is 12.3. The summed E-state index contributed by atoms with van der Waals surface area (Å²) >= 11 is 0. The second kappa shape index (κ2) is 17.1. The summed E-state index contributed by atoms with van der Waals surface area (Å²) in [6.45, 7) is 2.97. The molecule has 0 bridgehead atoms. The van der Waals surface area contributed by atoms with Gasteiger partial charge in [0.05, 0.1) is 32.6 Å². The zero-order valence-corrected chi connectivity index (χ0v) is 29.3. The minimum atomic E-state index is -0.413. The number of anilines is 2. The van der Waals surface area contributed by atoms with Crippen molar-refractivity contribution in [1.82, 2.24) is 9.47 Å². The summed E-state index contributed by atoms with van der Waals surface area (Å²) in [5.41, 5.74) is 5.46. The highest BCUT2D eigenvalue weighted by molar-refractivity contribution is 6.04. The van der Waals surface area contributed by atoms with E-state index in [1.54, 1.807) is 66.1 Å². The molecule has 4 aromatic rings. The number of aliphatic imine (C=N–C) groups is 1. The maximum Gasteiger partial charge on any atom is 0.354 e. The summed E-state index contributed by atoms with van der Waals surface area (Å²) in [4.78, 5) is 55.3. The van der Waals surface area contributed by atoms with Gasteiger partial charge < -0.3 is 34.3 Å². The fourth-order valence-corrected chi connectivity index (χ4v) is 5.82. The number of aromatic nitrogens is 1. The number of hydrogen-bond acceptors (Lipinski definition) is 8. The molecule has 0 radical (unpaired) electrons. The third kappa shape index (κ3) is 9.41. The molecule has 0 aliphatic carbocycles. The molecule has 2 heterocycles. The van der Waals surface area contributed by atoms with Gasteiger partial charge in [0, 0.05) is 61.0 Å². The minimum absolute atomic E-state index is 0.0232. The highest BCUT2D eigenvalue weighted by Gasteiger charge is 2.19. The van der Waals surface area contributed by atoms with Crippen molar-refractivity contribution in [3.63, 3.8) is 0 Å². The summed E-state index contributed by atoms with van der Waals surface area (Å²) in [5, 5.41) is 5.74. The number of benzene rings is 3.